The lowest BCUT2D eigenvalue weighted by Gasteiger charge is -2.35. The zero-order chi connectivity index (χ0) is 13.7. The Bertz CT molecular complexity index is 413. The van der Waals surface area contributed by atoms with E-state index in [2.05, 4.69) is 11.8 Å². The van der Waals surface area contributed by atoms with E-state index in [9.17, 15) is 9.18 Å². The largest absolute Gasteiger partial charge is 0.293 e. The first-order valence-corrected chi connectivity index (χ1v) is 7.23. The summed E-state index contributed by atoms with van der Waals surface area (Å²) < 4.78 is 12.8. The minimum Gasteiger partial charge on any atom is -0.293 e. The number of ketones is 1. The van der Waals surface area contributed by atoms with Crippen molar-refractivity contribution in [3.05, 3.63) is 35.6 Å². The smallest absolute Gasteiger partial charge is 0.176 e. The number of benzene rings is 1. The fourth-order valence-electron chi connectivity index (χ4n) is 2.84. The predicted octanol–water partition coefficient (Wildman–Crippen LogP) is 3.66. The average molecular weight is 263 g/mol. The summed E-state index contributed by atoms with van der Waals surface area (Å²) in [5.41, 5.74) is 0.613. The molecule has 104 valence electrons. The first kappa shape index (κ1) is 14.2. The maximum absolute atomic E-state index is 12.8. The van der Waals surface area contributed by atoms with Gasteiger partial charge in [-0.05, 0) is 50.1 Å². The zero-order valence-electron chi connectivity index (χ0n) is 11.6. The van der Waals surface area contributed by atoms with E-state index in [4.69, 9.17) is 0 Å². The molecular formula is C16H22FNO. The van der Waals surface area contributed by atoms with E-state index in [-0.39, 0.29) is 11.6 Å². The Balaban J connectivity index is 1.98. The van der Waals surface area contributed by atoms with E-state index in [0.29, 0.717) is 18.2 Å². The molecule has 1 aromatic rings. The fraction of sp³-hybridized carbons (Fsp3) is 0.562. The van der Waals surface area contributed by atoms with E-state index >= 15 is 0 Å². The Morgan fingerprint density at radius 1 is 1.32 bits per heavy atom. The van der Waals surface area contributed by atoms with E-state index < -0.39 is 0 Å². The third-order valence-corrected chi connectivity index (χ3v) is 3.88. The molecule has 1 heterocycles. The summed E-state index contributed by atoms with van der Waals surface area (Å²) in [6.07, 6.45) is 5.97. The number of carbonyl (C=O) groups is 1. The van der Waals surface area contributed by atoms with Crippen LogP contribution in [-0.2, 0) is 0 Å². The maximum Gasteiger partial charge on any atom is 0.176 e. The van der Waals surface area contributed by atoms with Gasteiger partial charge < -0.3 is 0 Å². The van der Waals surface area contributed by atoms with Crippen LogP contribution in [-0.4, -0.2) is 29.8 Å². The second kappa shape index (κ2) is 6.80. The number of halogens is 1. The molecule has 1 atom stereocenters. The number of hydrogen-bond acceptors (Lipinski definition) is 2. The molecule has 0 amide bonds. The molecule has 1 aliphatic rings. The number of likely N-dealkylation sites (tertiary alicyclic amines) is 1. The van der Waals surface area contributed by atoms with E-state index in [1.807, 2.05) is 0 Å². The van der Waals surface area contributed by atoms with Gasteiger partial charge in [-0.3, -0.25) is 9.69 Å². The number of nitrogens with zero attached hydrogens (tertiary/aromatic N) is 1. The number of hydrogen-bond donors (Lipinski definition) is 0. The van der Waals surface area contributed by atoms with Gasteiger partial charge >= 0.3 is 0 Å². The Morgan fingerprint density at radius 3 is 2.74 bits per heavy atom. The van der Waals surface area contributed by atoms with Crippen LogP contribution < -0.4 is 0 Å². The van der Waals surface area contributed by atoms with Gasteiger partial charge in [0.1, 0.15) is 5.82 Å². The van der Waals surface area contributed by atoms with Crippen molar-refractivity contribution in [3.8, 4) is 0 Å². The third kappa shape index (κ3) is 3.87. The summed E-state index contributed by atoms with van der Waals surface area (Å²) in [5.74, 6) is -0.193. The Kier molecular flexibility index (Phi) is 5.08. The van der Waals surface area contributed by atoms with Crippen LogP contribution in [0.4, 0.5) is 4.39 Å². The molecule has 0 bridgehead atoms. The van der Waals surface area contributed by atoms with Gasteiger partial charge in [-0.25, -0.2) is 4.39 Å². The molecule has 2 nitrogen and oxygen atoms in total. The summed E-state index contributed by atoms with van der Waals surface area (Å²) in [7, 11) is 0. The van der Waals surface area contributed by atoms with Crippen molar-refractivity contribution in [3.63, 3.8) is 0 Å². The molecule has 3 heteroatoms. The highest BCUT2D eigenvalue weighted by atomic mass is 19.1. The normalized spacial score (nSPS) is 20.4. The molecule has 0 aliphatic carbocycles. The lowest BCUT2D eigenvalue weighted by molar-refractivity contribution is 0.0831. The number of carbonyl (C=O) groups excluding carboxylic acids is 1. The van der Waals surface area contributed by atoms with Gasteiger partial charge in [0.2, 0.25) is 0 Å². The fourth-order valence-corrected chi connectivity index (χ4v) is 2.84. The van der Waals surface area contributed by atoms with Crippen molar-refractivity contribution >= 4 is 5.78 Å². The molecule has 19 heavy (non-hydrogen) atoms. The molecule has 0 aromatic heterocycles. The molecule has 1 aliphatic heterocycles. The van der Waals surface area contributed by atoms with Crippen molar-refractivity contribution in [1.82, 2.24) is 4.90 Å². The summed E-state index contributed by atoms with van der Waals surface area (Å²) in [4.78, 5) is 14.5. The van der Waals surface area contributed by atoms with Crippen LogP contribution in [0.25, 0.3) is 0 Å². The lowest BCUT2D eigenvalue weighted by atomic mass is 9.97. The molecule has 2 rings (SSSR count). The third-order valence-electron chi connectivity index (χ3n) is 3.88. The van der Waals surface area contributed by atoms with Crippen molar-refractivity contribution in [2.24, 2.45) is 0 Å². The van der Waals surface area contributed by atoms with Crippen LogP contribution in [0.2, 0.25) is 0 Å². The molecule has 0 radical (unpaired) electrons. The zero-order valence-corrected chi connectivity index (χ0v) is 11.6. The summed E-state index contributed by atoms with van der Waals surface area (Å²) in [5, 5.41) is 0. The lowest BCUT2D eigenvalue weighted by Crippen LogP contribution is -2.42. The quantitative estimate of drug-likeness (QED) is 0.756. The highest BCUT2D eigenvalue weighted by molar-refractivity contribution is 5.97. The molecule has 1 saturated heterocycles. The average Bonchev–Trinajstić information content (AvgIpc) is 2.42. The Morgan fingerprint density at radius 2 is 2.05 bits per heavy atom. The van der Waals surface area contributed by atoms with Crippen LogP contribution in [0.5, 0.6) is 0 Å². The summed E-state index contributed by atoms with van der Waals surface area (Å²) in [6, 6.07) is 6.41. The minimum atomic E-state index is -0.293. The van der Waals surface area contributed by atoms with Gasteiger partial charge in [0.05, 0.1) is 6.54 Å². The van der Waals surface area contributed by atoms with Gasteiger partial charge in [0.25, 0.3) is 0 Å². The number of Topliss-reactive ketones (excluding diaryl/α,β-unsaturated/α-hetero) is 1. The molecule has 1 fully saturated rings. The Hall–Kier alpha value is -1.22. The SMILES string of the molecule is CCCC1CCCCN1CC(=O)c1ccc(F)cc1. The van der Waals surface area contributed by atoms with Crippen LogP contribution in [0.1, 0.15) is 49.4 Å². The second-order valence-electron chi connectivity index (χ2n) is 5.34. The van der Waals surface area contributed by atoms with Gasteiger partial charge in [0.15, 0.2) is 5.78 Å². The van der Waals surface area contributed by atoms with Gasteiger partial charge in [-0.1, -0.05) is 19.8 Å². The van der Waals surface area contributed by atoms with E-state index in [0.717, 1.165) is 19.4 Å². The number of piperidine rings is 1. The molecule has 0 spiro atoms. The van der Waals surface area contributed by atoms with Crippen LogP contribution >= 0.6 is 0 Å². The molecule has 1 unspecified atom stereocenters. The number of rotatable bonds is 5. The standard InChI is InChI=1S/C16H22FNO/c1-2-5-15-6-3-4-11-18(15)12-16(19)13-7-9-14(17)10-8-13/h7-10,15H,2-6,11-12H2,1H3. The monoisotopic (exact) mass is 263 g/mol. The van der Waals surface area contributed by atoms with E-state index in [1.54, 1.807) is 12.1 Å². The van der Waals surface area contributed by atoms with Crippen molar-refractivity contribution < 1.29 is 9.18 Å². The minimum absolute atomic E-state index is 0.100. The summed E-state index contributed by atoms with van der Waals surface area (Å²) >= 11 is 0. The highest BCUT2D eigenvalue weighted by Crippen LogP contribution is 2.21. The highest BCUT2D eigenvalue weighted by Gasteiger charge is 2.23. The topological polar surface area (TPSA) is 20.3 Å². The van der Waals surface area contributed by atoms with Gasteiger partial charge in [-0.15, -0.1) is 0 Å². The molecule has 0 N–H and O–H groups in total. The maximum atomic E-state index is 12.8. The predicted molar refractivity (Wildman–Crippen MR) is 74.9 cm³/mol. The van der Waals surface area contributed by atoms with Crippen molar-refractivity contribution in [2.45, 2.75) is 45.1 Å². The Labute approximate surface area is 114 Å². The van der Waals surface area contributed by atoms with Crippen molar-refractivity contribution in [1.29, 1.82) is 0 Å². The molecule has 0 saturated carbocycles. The summed E-state index contributed by atoms with van der Waals surface area (Å²) in [6.45, 7) is 3.67. The van der Waals surface area contributed by atoms with Gasteiger partial charge in [-0.2, -0.15) is 0 Å². The van der Waals surface area contributed by atoms with E-state index in [1.165, 1.54) is 31.4 Å². The molecule has 1 aromatic carbocycles. The van der Waals surface area contributed by atoms with Crippen molar-refractivity contribution in [2.75, 3.05) is 13.1 Å². The first-order valence-electron chi connectivity index (χ1n) is 7.23. The van der Waals surface area contributed by atoms with Gasteiger partial charge in [0, 0.05) is 11.6 Å². The van der Waals surface area contributed by atoms with Crippen LogP contribution in [0.3, 0.4) is 0 Å². The van der Waals surface area contributed by atoms with Crippen LogP contribution in [0, 0.1) is 5.82 Å². The molecular weight excluding hydrogens is 241 g/mol. The second-order valence-corrected chi connectivity index (χ2v) is 5.34. The van der Waals surface area contributed by atoms with Crippen LogP contribution in [0.15, 0.2) is 24.3 Å². The first-order chi connectivity index (χ1) is 9.20.